The Balaban J connectivity index is 1.16. The highest BCUT2D eigenvalue weighted by molar-refractivity contribution is 6.07. The van der Waals surface area contributed by atoms with Crippen LogP contribution in [0.1, 0.15) is 74.3 Å². The lowest BCUT2D eigenvalue weighted by Gasteiger charge is -2.40. The molecule has 2 fully saturated rings. The number of carbonyl (C=O) groups excluding carboxylic acids is 3. The smallest absolute Gasteiger partial charge is 0.264 e. The summed E-state index contributed by atoms with van der Waals surface area (Å²) in [5.74, 6) is 0.0599. The Kier molecular flexibility index (Phi) is 9.80. The van der Waals surface area contributed by atoms with Gasteiger partial charge in [0.2, 0.25) is 11.8 Å². The summed E-state index contributed by atoms with van der Waals surface area (Å²) >= 11 is 0. The van der Waals surface area contributed by atoms with Crippen LogP contribution in [0.5, 0.6) is 5.75 Å². The maximum atomic E-state index is 15.3. The number of carbonyl (C=O) groups is 3. The van der Waals surface area contributed by atoms with E-state index in [9.17, 15) is 14.7 Å². The van der Waals surface area contributed by atoms with Crippen molar-refractivity contribution in [1.29, 1.82) is 0 Å². The van der Waals surface area contributed by atoms with Gasteiger partial charge in [0.15, 0.2) is 5.60 Å². The molecule has 4 aliphatic rings. The van der Waals surface area contributed by atoms with Crippen LogP contribution in [0.25, 0.3) is 0 Å². The molecular weight excluding hydrogens is 691 g/mol. The zero-order chi connectivity index (χ0) is 38.5. The van der Waals surface area contributed by atoms with Gasteiger partial charge in [-0.15, -0.1) is 0 Å². The summed E-state index contributed by atoms with van der Waals surface area (Å²) in [5.41, 5.74) is 4.80. The maximum Gasteiger partial charge on any atom is 0.264 e. The molecule has 3 amide bonds. The van der Waals surface area contributed by atoms with Crippen molar-refractivity contribution in [3.63, 3.8) is 0 Å². The third-order valence-electron chi connectivity index (χ3n) is 12.9. The molecule has 1 spiro atoms. The average molecular weight is 742 g/mol. The molecule has 5 atom stereocenters. The molecule has 286 valence electrons. The van der Waals surface area contributed by atoms with Gasteiger partial charge in [0, 0.05) is 42.6 Å². The lowest BCUT2D eigenvalue weighted by molar-refractivity contribution is -0.151. The summed E-state index contributed by atoms with van der Waals surface area (Å²) in [6.45, 7) is 7.75. The standard InChI is InChI=1S/C46H51N3O6/c1-30-43(45(2,3)34-19-21-37(54-4)22-20-34)40(26-42(52)48-28-33-14-6-5-13-32(33)25-36(48)29-50)55-46(30)38-16-7-8-17-39(38)49(44(46)53)27-31-12-11-15-35(24-31)47-23-10-9-18-41(47)51/h5-8,11-17,19-22,24,30,36,40,43,50H,9-10,18,23,25-29H2,1-4H3/t30-,36-,40+,43-,46+/m0/s1. The molecule has 9 heteroatoms. The summed E-state index contributed by atoms with van der Waals surface area (Å²) in [6, 6.07) is 31.6. The molecule has 9 nitrogen and oxygen atoms in total. The van der Waals surface area contributed by atoms with Crippen molar-refractivity contribution < 1.29 is 29.0 Å². The molecule has 0 saturated carbocycles. The van der Waals surface area contributed by atoms with Crippen LogP contribution in [0.3, 0.4) is 0 Å². The summed E-state index contributed by atoms with van der Waals surface area (Å²) < 4.78 is 12.7. The Labute approximate surface area is 323 Å². The number of para-hydroxylation sites is 1. The van der Waals surface area contributed by atoms with Crippen LogP contribution in [0, 0.1) is 11.8 Å². The van der Waals surface area contributed by atoms with Crippen molar-refractivity contribution in [2.24, 2.45) is 11.8 Å². The number of fused-ring (bicyclic) bond motifs is 3. The van der Waals surface area contributed by atoms with E-state index in [4.69, 9.17) is 9.47 Å². The summed E-state index contributed by atoms with van der Waals surface area (Å²) in [6.07, 6.45) is 2.46. The van der Waals surface area contributed by atoms with Crippen molar-refractivity contribution in [3.8, 4) is 5.75 Å². The van der Waals surface area contributed by atoms with E-state index in [-0.39, 0.29) is 48.6 Å². The van der Waals surface area contributed by atoms with Crippen LogP contribution in [-0.4, -0.2) is 60.1 Å². The van der Waals surface area contributed by atoms with Crippen LogP contribution in [0.2, 0.25) is 0 Å². The molecule has 2 saturated heterocycles. The highest BCUT2D eigenvalue weighted by atomic mass is 16.5. The van der Waals surface area contributed by atoms with Gasteiger partial charge in [0.25, 0.3) is 5.91 Å². The van der Waals surface area contributed by atoms with Crippen molar-refractivity contribution >= 4 is 29.1 Å². The number of ether oxygens (including phenoxy) is 2. The van der Waals surface area contributed by atoms with Gasteiger partial charge >= 0.3 is 0 Å². The van der Waals surface area contributed by atoms with Crippen molar-refractivity contribution in [2.45, 2.75) is 89.1 Å². The largest absolute Gasteiger partial charge is 0.497 e. The lowest BCUT2D eigenvalue weighted by atomic mass is 9.63. The number of aliphatic hydroxyl groups is 1. The second-order valence-corrected chi connectivity index (χ2v) is 16.3. The van der Waals surface area contributed by atoms with E-state index in [2.05, 4.69) is 39.0 Å². The molecule has 0 unspecified atom stereocenters. The summed E-state index contributed by atoms with van der Waals surface area (Å²) in [4.78, 5) is 48.1. The summed E-state index contributed by atoms with van der Waals surface area (Å²) in [7, 11) is 1.65. The van der Waals surface area contributed by atoms with E-state index in [1.54, 1.807) is 12.0 Å². The summed E-state index contributed by atoms with van der Waals surface area (Å²) in [5, 5.41) is 10.5. The SMILES string of the molecule is COc1ccc(C(C)(C)[C@@H]2[C@@H](CC(=O)N3Cc4ccccc4C[C@H]3CO)O[C@]3(C(=O)N(Cc4cccc(N5CCCCC5=O)c4)c4ccccc43)[C@H]2C)cc1. The van der Waals surface area contributed by atoms with E-state index in [1.165, 1.54) is 0 Å². The van der Waals surface area contributed by atoms with Crippen molar-refractivity contribution in [1.82, 2.24) is 4.90 Å². The van der Waals surface area contributed by atoms with Crippen LogP contribution in [0.4, 0.5) is 11.4 Å². The zero-order valence-corrected chi connectivity index (χ0v) is 32.2. The Morgan fingerprint density at radius 3 is 2.44 bits per heavy atom. The first-order chi connectivity index (χ1) is 26.6. The highest BCUT2D eigenvalue weighted by Crippen LogP contribution is 2.60. The number of aliphatic hydroxyl groups excluding tert-OH is 1. The van der Waals surface area contributed by atoms with E-state index < -0.39 is 17.1 Å². The van der Waals surface area contributed by atoms with E-state index >= 15 is 4.79 Å². The minimum atomic E-state index is -1.33. The second kappa shape index (κ2) is 14.6. The van der Waals surface area contributed by atoms with Gasteiger partial charge in [-0.3, -0.25) is 14.4 Å². The predicted molar refractivity (Wildman–Crippen MR) is 212 cm³/mol. The number of benzene rings is 4. The van der Waals surface area contributed by atoms with Crippen molar-refractivity contribution in [2.75, 3.05) is 30.1 Å². The third-order valence-corrected chi connectivity index (χ3v) is 12.9. The van der Waals surface area contributed by atoms with Gasteiger partial charge < -0.3 is 29.3 Å². The number of hydrogen-bond acceptors (Lipinski definition) is 6. The predicted octanol–water partition coefficient (Wildman–Crippen LogP) is 6.92. The molecular formula is C46H51N3O6. The first-order valence-electron chi connectivity index (χ1n) is 19.7. The Morgan fingerprint density at radius 1 is 0.945 bits per heavy atom. The molecule has 4 aromatic carbocycles. The first kappa shape index (κ1) is 37.0. The van der Waals surface area contributed by atoms with E-state index in [1.807, 2.05) is 88.7 Å². The minimum absolute atomic E-state index is 0.0658. The quantitative estimate of drug-likeness (QED) is 0.200. The van der Waals surface area contributed by atoms with Gasteiger partial charge in [-0.25, -0.2) is 0 Å². The van der Waals surface area contributed by atoms with Crippen LogP contribution < -0.4 is 14.5 Å². The fraction of sp³-hybridized carbons (Fsp3) is 0.413. The molecule has 0 radical (unpaired) electrons. The average Bonchev–Trinajstić information content (AvgIpc) is 3.63. The number of piperidine rings is 1. The highest BCUT2D eigenvalue weighted by Gasteiger charge is 2.66. The van der Waals surface area contributed by atoms with Gasteiger partial charge in [-0.2, -0.15) is 0 Å². The lowest BCUT2D eigenvalue weighted by Crippen LogP contribution is -2.48. The molecule has 0 aliphatic carbocycles. The second-order valence-electron chi connectivity index (χ2n) is 16.3. The number of methoxy groups -OCH3 is 1. The van der Waals surface area contributed by atoms with Gasteiger partial charge in [-0.05, 0) is 77.3 Å². The minimum Gasteiger partial charge on any atom is -0.497 e. The maximum absolute atomic E-state index is 15.3. The van der Waals surface area contributed by atoms with E-state index in [0.29, 0.717) is 32.5 Å². The fourth-order valence-corrected chi connectivity index (χ4v) is 10.0. The third kappa shape index (κ3) is 6.31. The number of anilines is 2. The van der Waals surface area contributed by atoms with Gasteiger partial charge in [0.05, 0.1) is 44.5 Å². The Hall–Kier alpha value is -4.99. The first-order valence-corrected chi connectivity index (χ1v) is 19.7. The topological polar surface area (TPSA) is 99.6 Å². The van der Waals surface area contributed by atoms with Crippen molar-refractivity contribution in [3.05, 3.63) is 125 Å². The Bertz CT molecular complexity index is 2100. The van der Waals surface area contributed by atoms with Gasteiger partial charge in [-0.1, -0.05) is 87.5 Å². The molecule has 55 heavy (non-hydrogen) atoms. The van der Waals surface area contributed by atoms with Gasteiger partial charge in [0.1, 0.15) is 5.75 Å². The normalized spacial score (nSPS) is 25.0. The zero-order valence-electron chi connectivity index (χ0n) is 32.2. The van der Waals surface area contributed by atoms with Crippen LogP contribution in [0.15, 0.2) is 97.1 Å². The number of nitrogens with zero attached hydrogens (tertiary/aromatic N) is 3. The molecule has 8 rings (SSSR count). The Morgan fingerprint density at radius 2 is 1.69 bits per heavy atom. The van der Waals surface area contributed by atoms with Crippen LogP contribution >= 0.6 is 0 Å². The molecule has 4 aromatic rings. The number of amides is 3. The molecule has 4 aliphatic heterocycles. The number of rotatable bonds is 9. The molecule has 4 heterocycles. The van der Waals surface area contributed by atoms with Crippen LogP contribution in [-0.2, 0) is 49.6 Å². The molecule has 0 bridgehead atoms. The van der Waals surface area contributed by atoms with E-state index in [0.717, 1.165) is 57.8 Å². The fourth-order valence-electron chi connectivity index (χ4n) is 10.0. The monoisotopic (exact) mass is 741 g/mol. The molecule has 1 N–H and O–H groups in total. The number of hydrogen-bond donors (Lipinski definition) is 1. The molecule has 0 aromatic heterocycles.